The lowest BCUT2D eigenvalue weighted by atomic mass is 10.0. The maximum atomic E-state index is 13.5. The molecule has 94 valence electrons. The molecule has 2 aromatic rings. The Bertz CT molecular complexity index is 586. The topological polar surface area (TPSA) is 38.9 Å². The molecule has 2 nitrogen and oxygen atoms in total. The zero-order valence-electron chi connectivity index (χ0n) is 9.00. The summed E-state index contributed by atoms with van der Waals surface area (Å²) in [4.78, 5) is 3.56. The third-order valence-electron chi connectivity index (χ3n) is 2.49. The molecule has 18 heavy (non-hydrogen) atoms. The number of rotatable bonds is 2. The molecule has 1 aromatic carbocycles. The molecule has 2 N–H and O–H groups in total. The van der Waals surface area contributed by atoms with Crippen LogP contribution in [0.1, 0.15) is 17.2 Å². The summed E-state index contributed by atoms with van der Waals surface area (Å²) in [7, 11) is 0. The molecule has 1 heterocycles. The first kappa shape index (κ1) is 12.5. The fourth-order valence-electron chi connectivity index (χ4n) is 1.56. The van der Waals surface area contributed by atoms with E-state index in [4.69, 9.17) is 5.73 Å². The highest BCUT2D eigenvalue weighted by molar-refractivity contribution is 5.31. The molecule has 1 unspecified atom stereocenters. The normalized spacial score (nSPS) is 12.5. The summed E-state index contributed by atoms with van der Waals surface area (Å²) in [5.74, 6) is -4.94. The average molecular weight is 256 g/mol. The zero-order valence-corrected chi connectivity index (χ0v) is 9.00. The van der Waals surface area contributed by atoms with Crippen molar-refractivity contribution in [1.82, 2.24) is 4.98 Å². The lowest BCUT2D eigenvalue weighted by Crippen LogP contribution is -2.15. The second kappa shape index (κ2) is 4.73. The van der Waals surface area contributed by atoms with E-state index < -0.39 is 29.3 Å². The van der Waals surface area contributed by atoms with Gasteiger partial charge in [0.05, 0.1) is 12.2 Å². The van der Waals surface area contributed by atoms with Crippen molar-refractivity contribution in [2.75, 3.05) is 0 Å². The number of halogens is 4. The zero-order chi connectivity index (χ0) is 13.3. The highest BCUT2D eigenvalue weighted by Gasteiger charge is 2.19. The molecule has 0 amide bonds. The van der Waals surface area contributed by atoms with Gasteiger partial charge < -0.3 is 5.73 Å². The lowest BCUT2D eigenvalue weighted by Gasteiger charge is -2.13. The summed E-state index contributed by atoms with van der Waals surface area (Å²) < 4.78 is 52.2. The minimum Gasteiger partial charge on any atom is -0.320 e. The van der Waals surface area contributed by atoms with Crippen LogP contribution in [-0.2, 0) is 0 Å². The molecule has 0 bridgehead atoms. The van der Waals surface area contributed by atoms with Crippen molar-refractivity contribution in [2.45, 2.75) is 6.04 Å². The predicted octanol–water partition coefficient (Wildman–Crippen LogP) is 2.69. The number of aromatic nitrogens is 1. The second-order valence-electron chi connectivity index (χ2n) is 3.68. The first-order valence-electron chi connectivity index (χ1n) is 5.00. The Morgan fingerprint density at radius 1 is 1.00 bits per heavy atom. The average Bonchev–Trinajstić information content (AvgIpc) is 2.35. The molecule has 0 fully saturated rings. The highest BCUT2D eigenvalue weighted by atomic mass is 19.2. The molecule has 2 rings (SSSR count). The third kappa shape index (κ3) is 2.19. The summed E-state index contributed by atoms with van der Waals surface area (Å²) in [6.45, 7) is 0. The molecule has 0 spiro atoms. The van der Waals surface area contributed by atoms with E-state index in [1.807, 2.05) is 0 Å². The molecule has 0 aliphatic carbocycles. The summed E-state index contributed by atoms with van der Waals surface area (Å²) in [6, 6.07) is 1.71. The van der Waals surface area contributed by atoms with Crippen molar-refractivity contribution in [3.8, 4) is 0 Å². The van der Waals surface area contributed by atoms with Crippen LogP contribution in [0.2, 0.25) is 0 Å². The van der Waals surface area contributed by atoms with Gasteiger partial charge in [-0.1, -0.05) is 6.07 Å². The first-order valence-corrected chi connectivity index (χ1v) is 5.00. The van der Waals surface area contributed by atoms with E-state index in [9.17, 15) is 17.6 Å². The van der Waals surface area contributed by atoms with Gasteiger partial charge in [0.2, 0.25) is 0 Å². The number of nitrogens with zero attached hydrogens (tertiary/aromatic N) is 1. The Balaban J connectivity index is 2.46. The van der Waals surface area contributed by atoms with Gasteiger partial charge in [-0.05, 0) is 17.7 Å². The minimum absolute atomic E-state index is 0.167. The fraction of sp³-hybridized carbons (Fsp3) is 0.0833. The molecule has 0 radical (unpaired) electrons. The molecular weight excluding hydrogens is 248 g/mol. The Kier molecular flexibility index (Phi) is 3.29. The van der Waals surface area contributed by atoms with E-state index in [-0.39, 0.29) is 11.1 Å². The fourth-order valence-corrected chi connectivity index (χ4v) is 1.56. The number of hydrogen-bond donors (Lipinski definition) is 1. The van der Waals surface area contributed by atoms with E-state index in [0.717, 1.165) is 24.4 Å². The van der Waals surface area contributed by atoms with Crippen LogP contribution in [0, 0.1) is 23.3 Å². The molecular formula is C12H8F4N2. The van der Waals surface area contributed by atoms with E-state index in [2.05, 4.69) is 4.98 Å². The smallest absolute Gasteiger partial charge is 0.194 e. The molecule has 0 saturated heterocycles. The van der Waals surface area contributed by atoms with Crippen LogP contribution >= 0.6 is 0 Å². The molecule has 1 aromatic heterocycles. The van der Waals surface area contributed by atoms with Gasteiger partial charge in [0.1, 0.15) is 5.82 Å². The van der Waals surface area contributed by atoms with Gasteiger partial charge in [-0.3, -0.25) is 4.98 Å². The second-order valence-corrected chi connectivity index (χ2v) is 3.68. The van der Waals surface area contributed by atoms with E-state index in [1.165, 1.54) is 6.20 Å². The third-order valence-corrected chi connectivity index (χ3v) is 2.49. The van der Waals surface area contributed by atoms with E-state index >= 15 is 0 Å². The van der Waals surface area contributed by atoms with Crippen LogP contribution in [0.4, 0.5) is 17.6 Å². The monoisotopic (exact) mass is 256 g/mol. The maximum Gasteiger partial charge on any atom is 0.194 e. The van der Waals surface area contributed by atoms with Gasteiger partial charge in [0, 0.05) is 11.8 Å². The van der Waals surface area contributed by atoms with Gasteiger partial charge in [0.25, 0.3) is 0 Å². The van der Waals surface area contributed by atoms with Crippen LogP contribution in [0.25, 0.3) is 0 Å². The Morgan fingerprint density at radius 2 is 1.72 bits per heavy atom. The number of pyridine rings is 1. The van der Waals surface area contributed by atoms with Gasteiger partial charge in [-0.25, -0.2) is 17.6 Å². The Hall–Kier alpha value is -1.95. The van der Waals surface area contributed by atoms with Crippen LogP contribution in [0.5, 0.6) is 0 Å². The largest absolute Gasteiger partial charge is 0.320 e. The van der Waals surface area contributed by atoms with Crippen molar-refractivity contribution in [2.24, 2.45) is 5.73 Å². The Morgan fingerprint density at radius 3 is 2.39 bits per heavy atom. The highest BCUT2D eigenvalue weighted by Crippen LogP contribution is 2.24. The summed E-state index contributed by atoms with van der Waals surface area (Å²) in [6.07, 6.45) is 2.19. The van der Waals surface area contributed by atoms with Gasteiger partial charge in [-0.15, -0.1) is 0 Å². The number of benzene rings is 1. The summed E-state index contributed by atoms with van der Waals surface area (Å²) >= 11 is 0. The first-order chi connectivity index (χ1) is 8.50. The lowest BCUT2D eigenvalue weighted by molar-refractivity contribution is 0.438. The maximum absolute atomic E-state index is 13.5. The van der Waals surface area contributed by atoms with Gasteiger partial charge >= 0.3 is 0 Å². The molecule has 0 aliphatic rings. The van der Waals surface area contributed by atoms with Crippen LogP contribution in [0.15, 0.2) is 30.6 Å². The summed E-state index contributed by atoms with van der Waals surface area (Å²) in [5, 5.41) is 0. The van der Waals surface area contributed by atoms with Crippen molar-refractivity contribution >= 4 is 0 Å². The van der Waals surface area contributed by atoms with Gasteiger partial charge in [-0.2, -0.15) is 0 Å². The predicted molar refractivity (Wildman–Crippen MR) is 56.5 cm³/mol. The van der Waals surface area contributed by atoms with E-state index in [1.54, 1.807) is 0 Å². The van der Waals surface area contributed by atoms with Crippen LogP contribution in [-0.4, -0.2) is 4.98 Å². The SMILES string of the molecule is NC(c1cncc(F)c1)c1ccc(F)c(F)c1F. The standard InChI is InChI=1S/C12H8F4N2/c13-7-3-6(4-18-5-7)12(17)8-1-2-9(14)11(16)10(8)15/h1-5,12H,17H2. The van der Waals surface area contributed by atoms with Crippen molar-refractivity contribution in [3.63, 3.8) is 0 Å². The molecule has 0 aliphatic heterocycles. The summed E-state index contributed by atoms with van der Waals surface area (Å²) in [5.41, 5.74) is 5.57. The molecule has 6 heteroatoms. The Labute approximate surface area is 100 Å². The van der Waals surface area contributed by atoms with Gasteiger partial charge in [0.15, 0.2) is 17.5 Å². The molecule has 0 saturated carbocycles. The molecule has 1 atom stereocenters. The van der Waals surface area contributed by atoms with Crippen LogP contribution in [0.3, 0.4) is 0 Å². The van der Waals surface area contributed by atoms with E-state index in [0.29, 0.717) is 0 Å². The van der Waals surface area contributed by atoms with Crippen molar-refractivity contribution in [1.29, 1.82) is 0 Å². The van der Waals surface area contributed by atoms with Crippen molar-refractivity contribution < 1.29 is 17.6 Å². The number of nitrogens with two attached hydrogens (primary N) is 1. The minimum atomic E-state index is -1.60. The number of hydrogen-bond acceptors (Lipinski definition) is 2. The van der Waals surface area contributed by atoms with Crippen molar-refractivity contribution in [3.05, 3.63) is 65.0 Å². The quantitative estimate of drug-likeness (QED) is 0.662. The van der Waals surface area contributed by atoms with Crippen LogP contribution < -0.4 is 5.73 Å².